The maximum absolute atomic E-state index is 11.8. The summed E-state index contributed by atoms with van der Waals surface area (Å²) in [5.41, 5.74) is 6.60. The monoisotopic (exact) mass is 361 g/mol. The summed E-state index contributed by atoms with van der Waals surface area (Å²) in [4.78, 5) is 19.4. The molecule has 0 unspecified atom stereocenters. The Balaban J connectivity index is 1.57. The number of aromatic amines is 1. The molecule has 0 radical (unpaired) electrons. The maximum Gasteiger partial charge on any atom is 0.325 e. The molecule has 2 N–H and O–H groups in total. The molecule has 7 heteroatoms. The molecule has 2 heterocycles. The van der Waals surface area contributed by atoms with Gasteiger partial charge in [-0.05, 0) is 25.1 Å². The number of nitrogens with zero attached hydrogens (tertiary/aromatic N) is 3. The van der Waals surface area contributed by atoms with Crippen molar-refractivity contribution in [2.75, 3.05) is 12.0 Å². The van der Waals surface area contributed by atoms with Gasteiger partial charge < -0.3 is 14.3 Å². The first kappa shape index (κ1) is 16.8. The summed E-state index contributed by atoms with van der Waals surface area (Å²) in [7, 11) is 0. The van der Waals surface area contributed by atoms with Crippen LogP contribution >= 0.6 is 0 Å². The highest BCUT2D eigenvalue weighted by atomic mass is 16.5. The number of carbonyl (C=O) groups excluding carboxylic acids is 1. The Morgan fingerprint density at radius 3 is 2.93 bits per heavy atom. The van der Waals surface area contributed by atoms with Crippen LogP contribution in [0, 0.1) is 0 Å². The molecule has 0 spiro atoms. The molecule has 0 atom stereocenters. The van der Waals surface area contributed by atoms with E-state index < -0.39 is 0 Å². The molecule has 4 rings (SSSR count). The lowest BCUT2D eigenvalue weighted by Gasteiger charge is -2.04. The smallest absolute Gasteiger partial charge is 0.325 e. The zero-order chi connectivity index (χ0) is 18.6. The molecule has 0 aliphatic rings. The van der Waals surface area contributed by atoms with E-state index in [0.29, 0.717) is 12.6 Å². The molecule has 0 bridgehead atoms. The molecule has 2 aromatic carbocycles. The van der Waals surface area contributed by atoms with Crippen molar-refractivity contribution in [3.8, 4) is 0 Å². The van der Waals surface area contributed by atoms with E-state index in [9.17, 15) is 4.79 Å². The van der Waals surface area contributed by atoms with Gasteiger partial charge >= 0.3 is 5.97 Å². The fraction of sp³-hybridized carbons (Fsp3) is 0.150. The normalized spacial score (nSPS) is 11.4. The van der Waals surface area contributed by atoms with E-state index in [2.05, 4.69) is 20.5 Å². The minimum absolute atomic E-state index is 0.166. The maximum atomic E-state index is 11.8. The third-order valence-electron chi connectivity index (χ3n) is 4.19. The molecule has 0 aliphatic heterocycles. The van der Waals surface area contributed by atoms with E-state index in [0.717, 1.165) is 27.5 Å². The van der Waals surface area contributed by atoms with Crippen molar-refractivity contribution in [2.24, 2.45) is 5.10 Å². The van der Waals surface area contributed by atoms with Crippen molar-refractivity contribution in [3.05, 3.63) is 60.3 Å². The third-order valence-corrected chi connectivity index (χ3v) is 4.19. The third kappa shape index (κ3) is 3.52. The van der Waals surface area contributed by atoms with E-state index in [4.69, 9.17) is 4.74 Å². The second kappa shape index (κ2) is 7.33. The van der Waals surface area contributed by atoms with Crippen LogP contribution in [0.5, 0.6) is 0 Å². The van der Waals surface area contributed by atoms with Crippen molar-refractivity contribution >= 4 is 40.1 Å². The predicted molar refractivity (Wildman–Crippen MR) is 106 cm³/mol. The van der Waals surface area contributed by atoms with Gasteiger partial charge in [-0.15, -0.1) is 0 Å². The molecule has 4 aromatic rings. The number of H-pyrrole nitrogens is 1. The Kier molecular flexibility index (Phi) is 4.57. The minimum atomic E-state index is -0.262. The van der Waals surface area contributed by atoms with Crippen LogP contribution in [-0.2, 0) is 16.1 Å². The van der Waals surface area contributed by atoms with Crippen LogP contribution in [0.3, 0.4) is 0 Å². The number of esters is 1. The summed E-state index contributed by atoms with van der Waals surface area (Å²) in [6.07, 6.45) is 3.61. The molecule has 0 aliphatic carbocycles. The summed E-state index contributed by atoms with van der Waals surface area (Å²) < 4.78 is 6.92. The molecular weight excluding hydrogens is 342 g/mol. The number of hydrogen-bond donors (Lipinski definition) is 2. The predicted octanol–water partition coefficient (Wildman–Crippen LogP) is 3.53. The van der Waals surface area contributed by atoms with Crippen molar-refractivity contribution < 1.29 is 9.53 Å². The second-order valence-corrected chi connectivity index (χ2v) is 6.01. The quantitative estimate of drug-likeness (QED) is 0.313. The fourth-order valence-corrected chi connectivity index (χ4v) is 3.02. The van der Waals surface area contributed by atoms with Gasteiger partial charge in [0.2, 0.25) is 5.95 Å². The number of fused-ring (bicyclic) bond motifs is 2. The van der Waals surface area contributed by atoms with E-state index in [1.165, 1.54) is 0 Å². The second-order valence-electron chi connectivity index (χ2n) is 6.01. The lowest BCUT2D eigenvalue weighted by molar-refractivity contribution is -0.143. The summed E-state index contributed by atoms with van der Waals surface area (Å²) in [5, 5.41) is 5.30. The molecule has 136 valence electrons. The van der Waals surface area contributed by atoms with Gasteiger partial charge in [0.05, 0.1) is 23.9 Å². The Hall–Kier alpha value is -3.61. The van der Waals surface area contributed by atoms with E-state index in [1.807, 2.05) is 59.3 Å². The van der Waals surface area contributed by atoms with Gasteiger partial charge in [-0.25, -0.2) is 10.4 Å². The first-order valence-electron chi connectivity index (χ1n) is 8.72. The van der Waals surface area contributed by atoms with Gasteiger partial charge in [-0.3, -0.25) is 4.79 Å². The molecule has 7 nitrogen and oxygen atoms in total. The molecule has 0 amide bonds. The van der Waals surface area contributed by atoms with Gasteiger partial charge in [0.25, 0.3) is 0 Å². The van der Waals surface area contributed by atoms with Crippen LogP contribution < -0.4 is 5.43 Å². The molecule has 2 aromatic heterocycles. The largest absolute Gasteiger partial charge is 0.465 e. The van der Waals surface area contributed by atoms with Crippen molar-refractivity contribution in [1.82, 2.24) is 14.5 Å². The number of anilines is 1. The van der Waals surface area contributed by atoms with Crippen LogP contribution in [0.1, 0.15) is 12.5 Å². The van der Waals surface area contributed by atoms with Gasteiger partial charge in [0.15, 0.2) is 0 Å². The number of nitrogens with one attached hydrogen (secondary N) is 2. The molecule has 0 saturated heterocycles. The number of imidazole rings is 1. The van der Waals surface area contributed by atoms with Crippen LogP contribution in [0.25, 0.3) is 21.9 Å². The lowest BCUT2D eigenvalue weighted by atomic mass is 10.2. The average molecular weight is 361 g/mol. The fourth-order valence-electron chi connectivity index (χ4n) is 3.02. The number of aromatic nitrogens is 3. The first-order valence-corrected chi connectivity index (χ1v) is 8.72. The molecule has 27 heavy (non-hydrogen) atoms. The average Bonchev–Trinajstić information content (AvgIpc) is 3.24. The van der Waals surface area contributed by atoms with Gasteiger partial charge in [-0.2, -0.15) is 5.10 Å². The zero-order valence-electron chi connectivity index (χ0n) is 14.8. The highest BCUT2D eigenvalue weighted by Gasteiger charge is 2.10. The van der Waals surface area contributed by atoms with Gasteiger partial charge in [0.1, 0.15) is 6.54 Å². The molecule has 0 saturated carbocycles. The summed E-state index contributed by atoms with van der Waals surface area (Å²) in [6, 6.07) is 15.7. The highest BCUT2D eigenvalue weighted by molar-refractivity contribution is 6.00. The SMILES string of the molecule is CCOC(=O)Cn1cc(C=NNc2nc3ccccc3[nH]2)c2ccccc21. The number of para-hydroxylation sites is 3. The van der Waals surface area contributed by atoms with Crippen molar-refractivity contribution in [3.63, 3.8) is 0 Å². The van der Waals surface area contributed by atoms with E-state index in [1.54, 1.807) is 13.1 Å². The Morgan fingerprint density at radius 1 is 1.26 bits per heavy atom. The number of carbonyl (C=O) groups is 1. The van der Waals surface area contributed by atoms with Crippen molar-refractivity contribution in [2.45, 2.75) is 13.5 Å². The zero-order valence-corrected chi connectivity index (χ0v) is 14.8. The van der Waals surface area contributed by atoms with Crippen LogP contribution in [0.4, 0.5) is 5.95 Å². The number of rotatable bonds is 6. The van der Waals surface area contributed by atoms with Crippen LogP contribution in [-0.4, -0.2) is 33.3 Å². The molecule has 0 fully saturated rings. The van der Waals surface area contributed by atoms with Crippen molar-refractivity contribution in [1.29, 1.82) is 0 Å². The lowest BCUT2D eigenvalue weighted by Crippen LogP contribution is -2.12. The van der Waals surface area contributed by atoms with E-state index in [-0.39, 0.29) is 12.5 Å². The summed E-state index contributed by atoms with van der Waals surface area (Å²) in [5.74, 6) is 0.310. The van der Waals surface area contributed by atoms with Gasteiger partial charge in [0, 0.05) is 22.7 Å². The number of hydrazone groups is 1. The van der Waals surface area contributed by atoms with Gasteiger partial charge in [-0.1, -0.05) is 30.3 Å². The molecular formula is C20H19N5O2. The van der Waals surface area contributed by atoms with E-state index >= 15 is 0 Å². The Bertz CT molecular complexity index is 1090. The number of benzene rings is 2. The Morgan fingerprint density at radius 2 is 2.07 bits per heavy atom. The summed E-state index contributed by atoms with van der Waals surface area (Å²) in [6.45, 7) is 2.33. The summed E-state index contributed by atoms with van der Waals surface area (Å²) >= 11 is 0. The number of ether oxygens (including phenoxy) is 1. The Labute approximate surface area is 155 Å². The highest BCUT2D eigenvalue weighted by Crippen LogP contribution is 2.20. The first-order chi connectivity index (χ1) is 13.2. The van der Waals surface area contributed by atoms with Crippen LogP contribution in [0.15, 0.2) is 59.8 Å². The minimum Gasteiger partial charge on any atom is -0.465 e. The van der Waals surface area contributed by atoms with Crippen LogP contribution in [0.2, 0.25) is 0 Å². The topological polar surface area (TPSA) is 84.3 Å². The number of hydrogen-bond acceptors (Lipinski definition) is 5. The standard InChI is InChI=1S/C20H19N5O2/c1-2-27-19(26)13-25-12-14(15-7-3-6-10-18(15)25)11-21-24-20-22-16-8-4-5-9-17(16)23-20/h3-12H,2,13H2,1H3,(H2,22,23,24).